The molecule has 1 aromatic carbocycles. The molecule has 0 saturated carbocycles. The van der Waals surface area contributed by atoms with Crippen LogP contribution in [-0.2, 0) is 0 Å². The first-order valence-corrected chi connectivity index (χ1v) is 6.29. The number of benzene rings is 1. The predicted molar refractivity (Wildman–Crippen MR) is 79.2 cm³/mol. The number of anilines is 2. The standard InChI is InChI=1S/C14H13F2N3S/c1-7-3-4-18-14(12(7)13(17)20)19-11-6-9(15)8(2)5-10(11)16/h3-6H,1-2H3,(H2,17,20)(H,18,19). The fraction of sp³-hybridized carbons (Fsp3) is 0.143. The average Bonchev–Trinajstić information content (AvgIpc) is 2.35. The molecule has 0 bridgehead atoms. The second kappa shape index (κ2) is 5.50. The van der Waals surface area contributed by atoms with Gasteiger partial charge in [-0.05, 0) is 37.1 Å². The number of hydrogen-bond acceptors (Lipinski definition) is 3. The summed E-state index contributed by atoms with van der Waals surface area (Å²) in [4.78, 5) is 4.23. The van der Waals surface area contributed by atoms with E-state index in [0.29, 0.717) is 11.4 Å². The normalized spacial score (nSPS) is 10.4. The molecule has 0 fully saturated rings. The van der Waals surface area contributed by atoms with Gasteiger partial charge in [-0.25, -0.2) is 13.8 Å². The maximum atomic E-state index is 13.8. The molecule has 0 unspecified atom stereocenters. The van der Waals surface area contributed by atoms with Crippen LogP contribution in [0.4, 0.5) is 20.3 Å². The Hall–Kier alpha value is -2.08. The van der Waals surface area contributed by atoms with Crippen LogP contribution in [-0.4, -0.2) is 9.97 Å². The van der Waals surface area contributed by atoms with E-state index in [1.807, 2.05) is 6.92 Å². The lowest BCUT2D eigenvalue weighted by atomic mass is 10.1. The third-order valence-electron chi connectivity index (χ3n) is 2.91. The Kier molecular flexibility index (Phi) is 3.94. The molecular weight excluding hydrogens is 280 g/mol. The van der Waals surface area contributed by atoms with Gasteiger partial charge in [0.2, 0.25) is 0 Å². The molecule has 0 atom stereocenters. The summed E-state index contributed by atoms with van der Waals surface area (Å²) in [5, 5.41) is 2.74. The topological polar surface area (TPSA) is 50.9 Å². The molecule has 6 heteroatoms. The largest absolute Gasteiger partial charge is 0.389 e. The number of halogens is 2. The maximum Gasteiger partial charge on any atom is 0.147 e. The van der Waals surface area contributed by atoms with Gasteiger partial charge in [-0.1, -0.05) is 12.2 Å². The molecule has 0 amide bonds. The minimum absolute atomic E-state index is 0.0105. The zero-order valence-corrected chi connectivity index (χ0v) is 11.8. The second-order valence-corrected chi connectivity index (χ2v) is 4.86. The molecule has 20 heavy (non-hydrogen) atoms. The van der Waals surface area contributed by atoms with Crippen molar-refractivity contribution in [2.45, 2.75) is 13.8 Å². The fourth-order valence-electron chi connectivity index (χ4n) is 1.83. The van der Waals surface area contributed by atoms with E-state index in [1.165, 1.54) is 6.92 Å². The molecule has 3 nitrogen and oxygen atoms in total. The van der Waals surface area contributed by atoms with E-state index in [4.69, 9.17) is 18.0 Å². The van der Waals surface area contributed by atoms with Crippen molar-refractivity contribution in [3.8, 4) is 0 Å². The van der Waals surface area contributed by atoms with Crippen molar-refractivity contribution in [3.05, 3.63) is 52.7 Å². The van der Waals surface area contributed by atoms with Crippen LogP contribution >= 0.6 is 12.2 Å². The van der Waals surface area contributed by atoms with Crippen molar-refractivity contribution in [2.75, 3.05) is 5.32 Å². The van der Waals surface area contributed by atoms with Gasteiger partial charge in [0.1, 0.15) is 22.4 Å². The number of aryl methyl sites for hydroxylation is 2. The third-order valence-corrected chi connectivity index (χ3v) is 3.11. The van der Waals surface area contributed by atoms with E-state index in [-0.39, 0.29) is 16.2 Å². The first-order valence-electron chi connectivity index (χ1n) is 5.88. The number of thiocarbonyl (C=S) groups is 1. The molecule has 0 aliphatic heterocycles. The van der Waals surface area contributed by atoms with Crippen LogP contribution in [0.25, 0.3) is 0 Å². The number of aromatic nitrogens is 1. The minimum Gasteiger partial charge on any atom is -0.389 e. The van der Waals surface area contributed by atoms with Gasteiger partial charge in [0, 0.05) is 12.3 Å². The average molecular weight is 293 g/mol. The Labute approximate surface area is 120 Å². The molecule has 0 aliphatic rings. The zero-order chi connectivity index (χ0) is 14.9. The minimum atomic E-state index is -0.568. The maximum absolute atomic E-state index is 13.8. The van der Waals surface area contributed by atoms with E-state index in [1.54, 1.807) is 12.3 Å². The molecule has 0 radical (unpaired) electrons. The summed E-state index contributed by atoms with van der Waals surface area (Å²) >= 11 is 4.96. The van der Waals surface area contributed by atoms with Gasteiger partial charge in [-0.2, -0.15) is 0 Å². The van der Waals surface area contributed by atoms with Crippen molar-refractivity contribution in [1.82, 2.24) is 4.98 Å². The lowest BCUT2D eigenvalue weighted by Gasteiger charge is -2.13. The van der Waals surface area contributed by atoms with Gasteiger partial charge in [0.25, 0.3) is 0 Å². The predicted octanol–water partition coefficient (Wildman–Crippen LogP) is 3.35. The quantitative estimate of drug-likeness (QED) is 0.852. The summed E-state index contributed by atoms with van der Waals surface area (Å²) in [5.74, 6) is -0.765. The van der Waals surface area contributed by atoms with Gasteiger partial charge in [-0.3, -0.25) is 0 Å². The van der Waals surface area contributed by atoms with E-state index in [0.717, 1.165) is 17.7 Å². The lowest BCUT2D eigenvalue weighted by Crippen LogP contribution is -2.15. The van der Waals surface area contributed by atoms with Gasteiger partial charge < -0.3 is 11.1 Å². The van der Waals surface area contributed by atoms with Crippen LogP contribution in [0.1, 0.15) is 16.7 Å². The Balaban J connectivity index is 2.48. The van der Waals surface area contributed by atoms with E-state index >= 15 is 0 Å². The molecule has 1 aromatic heterocycles. The summed E-state index contributed by atoms with van der Waals surface area (Å²) in [6.45, 7) is 3.31. The highest BCUT2D eigenvalue weighted by molar-refractivity contribution is 7.80. The van der Waals surface area contributed by atoms with Crippen molar-refractivity contribution in [3.63, 3.8) is 0 Å². The number of pyridine rings is 1. The molecule has 0 saturated heterocycles. The van der Waals surface area contributed by atoms with E-state index in [2.05, 4.69) is 10.3 Å². The number of hydrogen-bond donors (Lipinski definition) is 2. The van der Waals surface area contributed by atoms with Gasteiger partial charge >= 0.3 is 0 Å². The number of nitrogens with two attached hydrogens (primary N) is 1. The molecule has 3 N–H and O–H groups in total. The molecule has 2 rings (SSSR count). The monoisotopic (exact) mass is 293 g/mol. The Morgan fingerprint density at radius 1 is 1.20 bits per heavy atom. The SMILES string of the molecule is Cc1cc(F)c(Nc2nccc(C)c2C(N)=S)cc1F. The molecular formula is C14H13F2N3S. The molecule has 104 valence electrons. The smallest absolute Gasteiger partial charge is 0.147 e. The summed E-state index contributed by atoms with van der Waals surface area (Å²) < 4.78 is 27.4. The summed E-state index contributed by atoms with van der Waals surface area (Å²) in [6.07, 6.45) is 1.54. The number of nitrogens with one attached hydrogen (secondary N) is 1. The second-order valence-electron chi connectivity index (χ2n) is 4.42. The highest BCUT2D eigenvalue weighted by atomic mass is 32.1. The number of nitrogens with zero attached hydrogens (tertiary/aromatic N) is 1. The van der Waals surface area contributed by atoms with Crippen molar-refractivity contribution in [2.24, 2.45) is 5.73 Å². The van der Waals surface area contributed by atoms with E-state index < -0.39 is 11.6 Å². The van der Waals surface area contributed by atoms with Gasteiger partial charge in [0.15, 0.2) is 0 Å². The molecule has 2 aromatic rings. The van der Waals surface area contributed by atoms with Crippen LogP contribution in [0, 0.1) is 25.5 Å². The Morgan fingerprint density at radius 3 is 2.55 bits per heavy atom. The van der Waals surface area contributed by atoms with Gasteiger partial charge in [-0.15, -0.1) is 0 Å². The van der Waals surface area contributed by atoms with Crippen molar-refractivity contribution in [1.29, 1.82) is 0 Å². The highest BCUT2D eigenvalue weighted by Crippen LogP contribution is 2.25. The summed E-state index contributed by atoms with van der Waals surface area (Å²) in [6, 6.07) is 3.94. The highest BCUT2D eigenvalue weighted by Gasteiger charge is 2.13. The molecule has 0 aliphatic carbocycles. The fourth-order valence-corrected chi connectivity index (χ4v) is 2.09. The van der Waals surface area contributed by atoms with Crippen LogP contribution < -0.4 is 11.1 Å². The van der Waals surface area contributed by atoms with Crippen LogP contribution in [0.15, 0.2) is 24.4 Å². The first-order chi connectivity index (χ1) is 9.40. The molecule has 1 heterocycles. The zero-order valence-electron chi connectivity index (χ0n) is 11.0. The summed E-state index contributed by atoms with van der Waals surface area (Å²) in [7, 11) is 0. The molecule has 0 spiro atoms. The lowest BCUT2D eigenvalue weighted by molar-refractivity contribution is 0.595. The van der Waals surface area contributed by atoms with Crippen molar-refractivity contribution >= 4 is 28.7 Å². The first kappa shape index (κ1) is 14.3. The van der Waals surface area contributed by atoms with Gasteiger partial charge in [0.05, 0.1) is 11.3 Å². The third kappa shape index (κ3) is 2.75. The number of rotatable bonds is 3. The Morgan fingerprint density at radius 2 is 1.90 bits per heavy atom. The summed E-state index contributed by atoms with van der Waals surface area (Å²) in [5.41, 5.74) is 7.20. The van der Waals surface area contributed by atoms with Crippen LogP contribution in [0.5, 0.6) is 0 Å². The van der Waals surface area contributed by atoms with Crippen LogP contribution in [0.3, 0.4) is 0 Å². The van der Waals surface area contributed by atoms with Crippen LogP contribution in [0.2, 0.25) is 0 Å². The van der Waals surface area contributed by atoms with E-state index in [9.17, 15) is 8.78 Å². The Bertz CT molecular complexity index is 686. The van der Waals surface area contributed by atoms with Crippen molar-refractivity contribution < 1.29 is 8.78 Å².